The van der Waals surface area contributed by atoms with E-state index in [9.17, 15) is 13.2 Å². The van der Waals surface area contributed by atoms with E-state index in [0.29, 0.717) is 12.2 Å². The summed E-state index contributed by atoms with van der Waals surface area (Å²) in [7, 11) is 0. The molecule has 0 radical (unpaired) electrons. The summed E-state index contributed by atoms with van der Waals surface area (Å²) in [5.74, 6) is 0.724. The summed E-state index contributed by atoms with van der Waals surface area (Å²) in [4.78, 5) is 7.14. The van der Waals surface area contributed by atoms with Gasteiger partial charge < -0.3 is 0 Å². The third-order valence-corrected chi connectivity index (χ3v) is 4.21. The summed E-state index contributed by atoms with van der Waals surface area (Å²) in [6.07, 6.45) is -2.25. The fourth-order valence-corrected chi connectivity index (χ4v) is 3.05. The van der Waals surface area contributed by atoms with E-state index in [0.717, 1.165) is 10.8 Å². The van der Waals surface area contributed by atoms with Gasteiger partial charge in [0.1, 0.15) is 0 Å². The molecule has 0 spiro atoms. The van der Waals surface area contributed by atoms with Crippen LogP contribution in [0, 0.1) is 5.92 Å². The van der Waals surface area contributed by atoms with Crippen LogP contribution in [-0.4, -0.2) is 21.2 Å². The monoisotopic (exact) mass is 392 g/mol. The number of nitrogens with zero attached hydrogens (tertiary/aromatic N) is 1. The minimum absolute atomic E-state index is 0.0792. The van der Waals surface area contributed by atoms with Crippen LogP contribution in [0.4, 0.5) is 13.2 Å². The van der Waals surface area contributed by atoms with Crippen LogP contribution < -0.4 is 21.2 Å². The molecule has 19 heavy (non-hydrogen) atoms. The molecule has 0 bridgehead atoms. The van der Waals surface area contributed by atoms with Gasteiger partial charge in [-0.25, -0.2) is 0 Å². The number of hydrogen-bond acceptors (Lipinski definition) is 2. The van der Waals surface area contributed by atoms with E-state index in [1.165, 1.54) is 0 Å². The number of allylic oxidation sites excluding steroid dienone is 2. The average Bonchev–Trinajstić information content (AvgIpc) is 2.31. The molecule has 0 fully saturated rings. The molecule has 0 N–H and O–H groups in total. The molecular weight excluding hydrogens is 370 g/mol. The van der Waals surface area contributed by atoms with Crippen molar-refractivity contribution in [3.63, 3.8) is 0 Å². The van der Waals surface area contributed by atoms with Crippen LogP contribution in [0.2, 0.25) is 0 Å². The third-order valence-electron chi connectivity index (χ3n) is 2.50. The maximum atomic E-state index is 12.5. The van der Waals surface area contributed by atoms with E-state index < -0.39 is 12.6 Å². The summed E-state index contributed by atoms with van der Waals surface area (Å²) in [5, 5.41) is 3.67. The molecular formula is C13H22F3INO-. The van der Waals surface area contributed by atoms with Crippen LogP contribution in [0.15, 0.2) is 17.0 Å². The number of alkyl halides is 5. The Hall–Kier alpha value is -0.270. The normalized spacial score (nSPS) is 15.7. The molecule has 0 aliphatic heterocycles. The molecule has 0 saturated heterocycles. The second-order valence-electron chi connectivity index (χ2n) is 4.49. The van der Waals surface area contributed by atoms with Crippen molar-refractivity contribution in [1.29, 1.82) is 0 Å². The van der Waals surface area contributed by atoms with Gasteiger partial charge >= 0.3 is 123 Å². The van der Waals surface area contributed by atoms with E-state index in [4.69, 9.17) is 4.84 Å². The zero-order valence-electron chi connectivity index (χ0n) is 11.9. The molecule has 0 heterocycles. The average molecular weight is 392 g/mol. The van der Waals surface area contributed by atoms with Crippen molar-refractivity contribution in [3.8, 4) is 0 Å². The van der Waals surface area contributed by atoms with Crippen LogP contribution in [0.3, 0.4) is 0 Å². The van der Waals surface area contributed by atoms with Crippen molar-refractivity contribution in [3.05, 3.63) is 11.8 Å². The van der Waals surface area contributed by atoms with Gasteiger partial charge in [-0.1, -0.05) is 0 Å². The van der Waals surface area contributed by atoms with Crippen molar-refractivity contribution in [2.24, 2.45) is 11.1 Å². The molecule has 0 aliphatic carbocycles. The molecule has 0 rings (SSSR count). The van der Waals surface area contributed by atoms with Gasteiger partial charge in [-0.2, -0.15) is 0 Å². The predicted molar refractivity (Wildman–Crippen MR) is 67.8 cm³/mol. The van der Waals surface area contributed by atoms with E-state index >= 15 is 0 Å². The molecule has 0 amide bonds. The van der Waals surface area contributed by atoms with Gasteiger partial charge in [-0.15, -0.1) is 0 Å². The van der Waals surface area contributed by atoms with Gasteiger partial charge in [0, 0.05) is 0 Å². The Morgan fingerprint density at radius 3 is 2.53 bits per heavy atom. The molecule has 0 aromatic carbocycles. The van der Waals surface area contributed by atoms with Crippen LogP contribution in [0.25, 0.3) is 0 Å². The van der Waals surface area contributed by atoms with Gasteiger partial charge in [0.2, 0.25) is 0 Å². The Labute approximate surface area is 123 Å². The molecule has 1 atom stereocenters. The van der Waals surface area contributed by atoms with Crippen molar-refractivity contribution >= 4 is 5.71 Å². The van der Waals surface area contributed by atoms with E-state index in [1.54, 1.807) is 19.9 Å². The minimum atomic E-state index is -4.23. The number of rotatable bonds is 8. The second-order valence-corrected chi connectivity index (χ2v) is 7.10. The SMILES string of the molecule is C/C=C(\C)O/N=C(/C[C@@H](C)CC[I-]C)CC(F)(F)F. The number of oxime groups is 1. The van der Waals surface area contributed by atoms with E-state index in [1.807, 2.05) is 6.92 Å². The molecule has 2 nitrogen and oxygen atoms in total. The molecule has 6 heteroatoms. The first-order valence-corrected chi connectivity index (χ1v) is 9.83. The molecule has 0 aromatic heterocycles. The van der Waals surface area contributed by atoms with Gasteiger partial charge in [0.15, 0.2) is 0 Å². The van der Waals surface area contributed by atoms with Gasteiger partial charge in [-0.05, 0) is 0 Å². The van der Waals surface area contributed by atoms with Crippen molar-refractivity contribution in [1.82, 2.24) is 0 Å². The van der Waals surface area contributed by atoms with Crippen molar-refractivity contribution in [2.45, 2.75) is 46.2 Å². The fraction of sp³-hybridized carbons (Fsp3) is 0.769. The second kappa shape index (κ2) is 9.61. The Balaban J connectivity index is 4.58. The zero-order valence-corrected chi connectivity index (χ0v) is 14.0. The molecule has 114 valence electrons. The van der Waals surface area contributed by atoms with Gasteiger partial charge in [0.05, 0.1) is 0 Å². The Morgan fingerprint density at radius 1 is 1.42 bits per heavy atom. The van der Waals surface area contributed by atoms with Crippen molar-refractivity contribution in [2.75, 3.05) is 9.36 Å². The van der Waals surface area contributed by atoms with Gasteiger partial charge in [-0.3, -0.25) is 0 Å². The first-order valence-electron chi connectivity index (χ1n) is 6.14. The van der Waals surface area contributed by atoms with E-state index in [-0.39, 0.29) is 32.8 Å². The van der Waals surface area contributed by atoms with E-state index in [2.05, 4.69) is 10.1 Å². The first kappa shape index (κ1) is 18.7. The molecule has 0 aliphatic rings. The van der Waals surface area contributed by atoms with Crippen LogP contribution in [0.1, 0.15) is 40.0 Å². The third kappa shape index (κ3) is 11.3. The van der Waals surface area contributed by atoms with Gasteiger partial charge in [0.25, 0.3) is 0 Å². The number of halogens is 4. The number of hydrogen-bond donors (Lipinski definition) is 0. The summed E-state index contributed by atoms with van der Waals surface area (Å²) in [6.45, 7) is 5.38. The maximum absolute atomic E-state index is 12.5. The van der Waals surface area contributed by atoms with Crippen LogP contribution >= 0.6 is 0 Å². The summed E-state index contributed by atoms with van der Waals surface area (Å²) in [5.41, 5.74) is 0.0792. The summed E-state index contributed by atoms with van der Waals surface area (Å²) < 4.78 is 38.5. The topological polar surface area (TPSA) is 21.6 Å². The first-order chi connectivity index (χ1) is 8.78. The Morgan fingerprint density at radius 2 is 2.05 bits per heavy atom. The zero-order chi connectivity index (χ0) is 14.9. The summed E-state index contributed by atoms with van der Waals surface area (Å²) >= 11 is 0.196. The Kier molecular flexibility index (Phi) is 9.47. The predicted octanol–water partition coefficient (Wildman–Crippen LogP) is 1.37. The van der Waals surface area contributed by atoms with Crippen LogP contribution in [-0.2, 0) is 4.84 Å². The molecule has 0 saturated carbocycles. The fourth-order valence-electron chi connectivity index (χ4n) is 1.36. The van der Waals surface area contributed by atoms with Crippen LogP contribution in [0.5, 0.6) is 0 Å². The quantitative estimate of drug-likeness (QED) is 0.201. The summed E-state index contributed by atoms with van der Waals surface area (Å²) in [6, 6.07) is 0. The standard InChI is InChI=1S/C13H22F3INO/c1-5-11(3)19-18-12(9-13(14,15)16)8-10(2)6-7-17-4/h5,10H,6-9H2,1-4H3/q-1/b11-5+,18-12-/t10-/m0/s1. The molecule has 0 aromatic rings. The van der Waals surface area contributed by atoms with Crippen molar-refractivity contribution < 1.29 is 39.2 Å². The Bertz CT molecular complexity index is 314. The molecule has 0 unspecified atom stereocenters.